The lowest BCUT2D eigenvalue weighted by Gasteiger charge is -2.36. The van der Waals surface area contributed by atoms with Crippen LogP contribution in [0.1, 0.15) is 43.4 Å². The van der Waals surface area contributed by atoms with Crippen molar-refractivity contribution in [2.45, 2.75) is 61.6 Å². The number of amides is 1. The molecule has 1 fully saturated rings. The van der Waals surface area contributed by atoms with Gasteiger partial charge >= 0.3 is 0 Å². The lowest BCUT2D eigenvalue weighted by molar-refractivity contribution is -0.113. The first-order valence-corrected chi connectivity index (χ1v) is 12.8. The number of carbonyl (C=O) groups excluding carboxylic acids is 1. The second kappa shape index (κ2) is 9.90. The molecule has 2 aromatic heterocycles. The number of benzene rings is 1. The highest BCUT2D eigenvalue weighted by molar-refractivity contribution is 8.00. The van der Waals surface area contributed by atoms with E-state index < -0.39 is 5.60 Å². The maximum absolute atomic E-state index is 11.6. The van der Waals surface area contributed by atoms with E-state index in [1.165, 1.54) is 17.3 Å². The molecule has 1 aromatic carbocycles. The number of fused-ring (bicyclic) bond motifs is 2. The maximum Gasteiger partial charge on any atom is 0.235 e. The summed E-state index contributed by atoms with van der Waals surface area (Å²) >= 11 is 1.53. The topological polar surface area (TPSA) is 96.4 Å². The van der Waals surface area contributed by atoms with Crippen LogP contribution in [0.25, 0.3) is 10.9 Å². The van der Waals surface area contributed by atoms with Gasteiger partial charge in [-0.2, -0.15) is 0 Å². The van der Waals surface area contributed by atoms with Gasteiger partial charge in [0, 0.05) is 24.0 Å². The lowest BCUT2D eigenvalue weighted by Crippen LogP contribution is -2.41. The SMILES string of the molecule is COc1ccc2cc(CCC3(O)CCC(NCc4ccc5c(n4)NC(=O)CS5)CC3)ccc2n1. The highest BCUT2D eigenvalue weighted by Gasteiger charge is 2.32. The molecule has 1 aliphatic heterocycles. The molecule has 5 rings (SSSR count). The predicted molar refractivity (Wildman–Crippen MR) is 134 cm³/mol. The molecule has 1 saturated carbocycles. The van der Waals surface area contributed by atoms with E-state index in [4.69, 9.17) is 4.74 Å². The van der Waals surface area contributed by atoms with Gasteiger partial charge in [-0.15, -0.1) is 11.8 Å². The Kier molecular flexibility index (Phi) is 6.72. The van der Waals surface area contributed by atoms with Crippen molar-refractivity contribution in [1.82, 2.24) is 15.3 Å². The fourth-order valence-electron chi connectivity index (χ4n) is 4.76. The highest BCUT2D eigenvalue weighted by atomic mass is 32.2. The first kappa shape index (κ1) is 23.1. The lowest BCUT2D eigenvalue weighted by atomic mass is 9.78. The number of ether oxygens (including phenoxy) is 1. The van der Waals surface area contributed by atoms with Crippen LogP contribution < -0.4 is 15.4 Å². The maximum atomic E-state index is 11.6. The van der Waals surface area contributed by atoms with E-state index in [0.717, 1.165) is 60.0 Å². The smallest absolute Gasteiger partial charge is 0.235 e. The number of nitrogens with zero attached hydrogens (tertiary/aromatic N) is 2. The molecule has 8 heteroatoms. The summed E-state index contributed by atoms with van der Waals surface area (Å²) in [6, 6.07) is 14.6. The van der Waals surface area contributed by atoms with E-state index >= 15 is 0 Å². The van der Waals surface area contributed by atoms with Crippen molar-refractivity contribution in [3.63, 3.8) is 0 Å². The summed E-state index contributed by atoms with van der Waals surface area (Å²) < 4.78 is 5.20. The zero-order chi connectivity index (χ0) is 23.5. The number of aryl methyl sites for hydroxylation is 1. The second-order valence-corrected chi connectivity index (χ2v) is 10.3. The van der Waals surface area contributed by atoms with Gasteiger partial charge in [-0.1, -0.05) is 6.07 Å². The van der Waals surface area contributed by atoms with Crippen molar-refractivity contribution in [3.8, 4) is 5.88 Å². The number of aliphatic hydroxyl groups is 1. The summed E-state index contributed by atoms with van der Waals surface area (Å²) in [6.07, 6.45) is 5.07. The van der Waals surface area contributed by atoms with Crippen LogP contribution in [-0.2, 0) is 17.8 Å². The Labute approximate surface area is 203 Å². The third-order valence-corrected chi connectivity index (χ3v) is 7.88. The van der Waals surface area contributed by atoms with Crippen LogP contribution in [-0.4, -0.2) is 45.5 Å². The summed E-state index contributed by atoms with van der Waals surface area (Å²) in [4.78, 5) is 21.7. The van der Waals surface area contributed by atoms with Gasteiger partial charge in [0.25, 0.3) is 0 Å². The quantitative estimate of drug-likeness (QED) is 0.471. The van der Waals surface area contributed by atoms with Gasteiger partial charge in [0.2, 0.25) is 11.8 Å². The molecular formula is C26H30N4O3S. The number of hydrogen-bond donors (Lipinski definition) is 3. The molecule has 7 nitrogen and oxygen atoms in total. The molecule has 0 radical (unpaired) electrons. The number of anilines is 1. The Bertz CT molecular complexity index is 1190. The first-order valence-electron chi connectivity index (χ1n) is 11.8. The Morgan fingerprint density at radius 1 is 1.18 bits per heavy atom. The van der Waals surface area contributed by atoms with Crippen molar-refractivity contribution in [3.05, 3.63) is 53.7 Å². The van der Waals surface area contributed by atoms with Gasteiger partial charge in [-0.25, -0.2) is 9.97 Å². The fraction of sp³-hybridized carbons (Fsp3) is 0.423. The van der Waals surface area contributed by atoms with Crippen LogP contribution >= 0.6 is 11.8 Å². The van der Waals surface area contributed by atoms with Crippen molar-refractivity contribution in [2.24, 2.45) is 0 Å². The molecule has 0 bridgehead atoms. The van der Waals surface area contributed by atoms with Crippen molar-refractivity contribution in [2.75, 3.05) is 18.2 Å². The molecule has 0 unspecified atom stereocenters. The van der Waals surface area contributed by atoms with Gasteiger partial charge < -0.3 is 20.5 Å². The summed E-state index contributed by atoms with van der Waals surface area (Å²) in [5.74, 6) is 1.74. The van der Waals surface area contributed by atoms with Crippen molar-refractivity contribution < 1.29 is 14.6 Å². The van der Waals surface area contributed by atoms with Gasteiger partial charge in [0.15, 0.2) is 0 Å². The number of nitrogens with one attached hydrogen (secondary N) is 2. The Balaban J connectivity index is 1.11. The number of methoxy groups -OCH3 is 1. The minimum atomic E-state index is -0.614. The van der Waals surface area contributed by atoms with Gasteiger partial charge in [-0.05, 0) is 74.4 Å². The molecule has 3 aromatic rings. The number of hydrogen-bond acceptors (Lipinski definition) is 7. The van der Waals surface area contributed by atoms with E-state index in [0.29, 0.717) is 30.0 Å². The second-order valence-electron chi connectivity index (χ2n) is 9.25. The molecule has 178 valence electrons. The molecular weight excluding hydrogens is 448 g/mol. The minimum Gasteiger partial charge on any atom is -0.481 e. The van der Waals surface area contributed by atoms with Crippen LogP contribution in [0.2, 0.25) is 0 Å². The standard InChI is InChI=1S/C26H30N4O3S/c1-33-24-7-3-18-14-17(2-5-21(18)29-24)8-11-26(32)12-9-19(10-13-26)27-15-20-4-6-22-25(28-20)30-23(31)16-34-22/h2-7,14,19,27,32H,8-13,15-16H2,1H3,(H,28,30,31). The number of pyridine rings is 2. The van der Waals surface area contributed by atoms with Crippen molar-refractivity contribution in [1.29, 1.82) is 0 Å². The molecule has 34 heavy (non-hydrogen) atoms. The average molecular weight is 479 g/mol. The largest absolute Gasteiger partial charge is 0.481 e. The number of rotatable bonds is 7. The van der Waals surface area contributed by atoms with Gasteiger partial charge in [0.05, 0.1) is 34.6 Å². The van der Waals surface area contributed by atoms with Crippen LogP contribution in [0.4, 0.5) is 5.82 Å². The first-order chi connectivity index (χ1) is 16.5. The Morgan fingerprint density at radius 2 is 2.03 bits per heavy atom. The molecule has 0 atom stereocenters. The summed E-state index contributed by atoms with van der Waals surface area (Å²) in [5.41, 5.74) is 2.45. The van der Waals surface area contributed by atoms with Gasteiger partial charge in [-0.3, -0.25) is 4.79 Å². The van der Waals surface area contributed by atoms with E-state index in [1.807, 2.05) is 30.3 Å². The summed E-state index contributed by atoms with van der Waals surface area (Å²) in [7, 11) is 1.62. The Hall–Kier alpha value is -2.68. The predicted octanol–water partition coefficient (Wildman–Crippen LogP) is 4.08. The minimum absolute atomic E-state index is 0.00209. The molecule has 2 aliphatic rings. The number of thioether (sulfide) groups is 1. The van der Waals surface area contributed by atoms with E-state index in [2.05, 4.69) is 32.7 Å². The van der Waals surface area contributed by atoms with Gasteiger partial charge in [0.1, 0.15) is 5.82 Å². The van der Waals surface area contributed by atoms with Crippen LogP contribution in [0.3, 0.4) is 0 Å². The van der Waals surface area contributed by atoms with E-state index in [9.17, 15) is 9.90 Å². The molecule has 0 spiro atoms. The zero-order valence-corrected chi connectivity index (χ0v) is 20.2. The summed E-state index contributed by atoms with van der Waals surface area (Å²) in [5, 5.41) is 18.7. The third kappa shape index (κ3) is 5.35. The van der Waals surface area contributed by atoms with Crippen molar-refractivity contribution >= 4 is 34.4 Å². The van der Waals surface area contributed by atoms with Crippen LogP contribution in [0.5, 0.6) is 5.88 Å². The fourth-order valence-corrected chi connectivity index (χ4v) is 5.52. The van der Waals surface area contributed by atoms with E-state index in [1.54, 1.807) is 7.11 Å². The monoisotopic (exact) mass is 478 g/mol. The Morgan fingerprint density at radius 3 is 2.85 bits per heavy atom. The number of carbonyl (C=O) groups is 1. The highest BCUT2D eigenvalue weighted by Crippen LogP contribution is 2.33. The average Bonchev–Trinajstić information content (AvgIpc) is 2.86. The summed E-state index contributed by atoms with van der Waals surface area (Å²) in [6.45, 7) is 0.660. The normalized spacial score (nSPS) is 22.3. The zero-order valence-electron chi connectivity index (χ0n) is 19.3. The third-order valence-electron chi connectivity index (χ3n) is 6.84. The molecule has 3 N–H and O–H groups in total. The van der Waals surface area contributed by atoms with Crippen LogP contribution in [0.15, 0.2) is 47.4 Å². The van der Waals surface area contributed by atoms with Crippen LogP contribution in [0, 0.1) is 0 Å². The number of aromatic nitrogens is 2. The molecule has 3 heterocycles. The van der Waals surface area contributed by atoms with E-state index in [-0.39, 0.29) is 5.91 Å². The molecule has 1 aliphatic carbocycles. The molecule has 1 amide bonds. The molecule has 0 saturated heterocycles.